The second kappa shape index (κ2) is 6.75. The summed E-state index contributed by atoms with van der Waals surface area (Å²) in [5, 5.41) is 4.09. The van der Waals surface area contributed by atoms with E-state index in [0.717, 1.165) is 11.1 Å². The molecule has 1 fully saturated rings. The first-order valence-corrected chi connectivity index (χ1v) is 8.82. The van der Waals surface area contributed by atoms with Gasteiger partial charge in [0.2, 0.25) is 17.6 Å². The number of carbonyl (C=O) groups is 1. The van der Waals surface area contributed by atoms with Gasteiger partial charge in [-0.05, 0) is 19.4 Å². The van der Waals surface area contributed by atoms with Gasteiger partial charge in [-0.15, -0.1) is 0 Å². The van der Waals surface area contributed by atoms with Gasteiger partial charge in [-0.3, -0.25) is 4.79 Å². The highest BCUT2D eigenvalue weighted by molar-refractivity contribution is 5.79. The second-order valence-electron chi connectivity index (χ2n) is 6.98. The lowest BCUT2D eigenvalue weighted by atomic mass is 10.1. The van der Waals surface area contributed by atoms with Crippen molar-refractivity contribution in [2.45, 2.75) is 32.7 Å². The lowest BCUT2D eigenvalue weighted by molar-refractivity contribution is -0.128. The predicted molar refractivity (Wildman–Crippen MR) is 98.4 cm³/mol. The smallest absolute Gasteiger partial charge is 0.232 e. The number of rotatable bonds is 4. The van der Waals surface area contributed by atoms with Gasteiger partial charge < -0.3 is 9.42 Å². The van der Waals surface area contributed by atoms with Gasteiger partial charge in [-0.1, -0.05) is 64.8 Å². The zero-order chi connectivity index (χ0) is 18.1. The fraction of sp³-hybridized carbons (Fsp3) is 0.286. The molecule has 1 amide bonds. The lowest BCUT2D eigenvalue weighted by Gasteiger charge is -2.16. The van der Waals surface area contributed by atoms with E-state index in [1.165, 1.54) is 11.1 Å². The maximum atomic E-state index is 12.4. The number of hydrogen-bond acceptors (Lipinski definition) is 4. The molecular formula is C21H21N3O2. The largest absolute Gasteiger partial charge is 0.339 e. The van der Waals surface area contributed by atoms with Gasteiger partial charge in [0.15, 0.2) is 0 Å². The molecule has 2 heterocycles. The summed E-state index contributed by atoms with van der Waals surface area (Å²) in [6.45, 7) is 5.33. The fourth-order valence-corrected chi connectivity index (χ4v) is 3.23. The number of benzene rings is 2. The molecule has 2 aromatic carbocycles. The summed E-state index contributed by atoms with van der Waals surface area (Å²) >= 11 is 0. The van der Waals surface area contributed by atoms with Crippen molar-refractivity contribution < 1.29 is 9.32 Å². The van der Waals surface area contributed by atoms with E-state index in [-0.39, 0.29) is 11.8 Å². The maximum Gasteiger partial charge on any atom is 0.232 e. The summed E-state index contributed by atoms with van der Waals surface area (Å²) in [4.78, 5) is 18.8. The average molecular weight is 347 g/mol. The van der Waals surface area contributed by atoms with Crippen LogP contribution in [-0.2, 0) is 11.3 Å². The molecule has 26 heavy (non-hydrogen) atoms. The first-order chi connectivity index (χ1) is 12.6. The lowest BCUT2D eigenvalue weighted by Crippen LogP contribution is -2.24. The first-order valence-electron chi connectivity index (χ1n) is 8.82. The number of aromatic nitrogens is 2. The van der Waals surface area contributed by atoms with Crippen LogP contribution in [0.4, 0.5) is 0 Å². The summed E-state index contributed by atoms with van der Waals surface area (Å²) in [5.41, 5.74) is 4.46. The standard InChI is InChI=1S/C21H21N3O2/c1-14-3-7-16(8-4-14)12-24-13-18(11-19(24)25)21-22-20(23-26-21)17-9-5-15(2)6-10-17/h3-10,18H,11-13H2,1-2H3/t18-/m0/s1. The molecular weight excluding hydrogens is 326 g/mol. The monoisotopic (exact) mass is 347 g/mol. The molecule has 5 heteroatoms. The van der Waals surface area contributed by atoms with E-state index in [9.17, 15) is 4.79 Å². The number of likely N-dealkylation sites (tertiary alicyclic amines) is 1. The van der Waals surface area contributed by atoms with E-state index in [4.69, 9.17) is 4.52 Å². The van der Waals surface area contributed by atoms with E-state index in [0.29, 0.717) is 31.2 Å². The van der Waals surface area contributed by atoms with Crippen LogP contribution >= 0.6 is 0 Å². The summed E-state index contributed by atoms with van der Waals surface area (Å²) in [5.74, 6) is 1.20. The van der Waals surface area contributed by atoms with Gasteiger partial charge in [-0.25, -0.2) is 0 Å². The molecule has 0 saturated carbocycles. The van der Waals surface area contributed by atoms with E-state index < -0.39 is 0 Å². The van der Waals surface area contributed by atoms with Crippen molar-refractivity contribution in [3.05, 3.63) is 71.1 Å². The van der Waals surface area contributed by atoms with Crippen LogP contribution in [-0.4, -0.2) is 27.5 Å². The Bertz CT molecular complexity index is 913. The molecule has 0 bridgehead atoms. The third kappa shape index (κ3) is 3.38. The van der Waals surface area contributed by atoms with Crippen molar-refractivity contribution in [2.24, 2.45) is 0 Å². The molecule has 1 atom stereocenters. The molecule has 0 N–H and O–H groups in total. The molecule has 132 valence electrons. The third-order valence-corrected chi connectivity index (χ3v) is 4.81. The number of carbonyl (C=O) groups excluding carboxylic acids is 1. The van der Waals surface area contributed by atoms with Crippen LogP contribution in [0.3, 0.4) is 0 Å². The van der Waals surface area contributed by atoms with Crippen LogP contribution in [0.5, 0.6) is 0 Å². The normalized spacial score (nSPS) is 17.1. The summed E-state index contributed by atoms with van der Waals surface area (Å²) in [7, 11) is 0. The Labute approximate surface area is 152 Å². The van der Waals surface area contributed by atoms with E-state index in [1.807, 2.05) is 36.1 Å². The Hall–Kier alpha value is -2.95. The Morgan fingerprint density at radius 1 is 1.04 bits per heavy atom. The van der Waals surface area contributed by atoms with Crippen LogP contribution < -0.4 is 0 Å². The fourth-order valence-electron chi connectivity index (χ4n) is 3.23. The molecule has 3 aromatic rings. The topological polar surface area (TPSA) is 59.2 Å². The van der Waals surface area contributed by atoms with Crippen LogP contribution in [0.15, 0.2) is 53.1 Å². The Morgan fingerprint density at radius 2 is 1.69 bits per heavy atom. The van der Waals surface area contributed by atoms with E-state index >= 15 is 0 Å². The minimum absolute atomic E-state index is 0.0420. The molecule has 1 aromatic heterocycles. The molecule has 1 aliphatic rings. The van der Waals surface area contributed by atoms with Crippen molar-refractivity contribution >= 4 is 5.91 Å². The molecule has 0 unspecified atom stereocenters. The highest BCUT2D eigenvalue weighted by atomic mass is 16.5. The number of hydrogen-bond donors (Lipinski definition) is 0. The third-order valence-electron chi connectivity index (χ3n) is 4.81. The minimum atomic E-state index is -0.0420. The SMILES string of the molecule is Cc1ccc(CN2C[C@@H](c3nc(-c4ccc(C)cc4)no3)CC2=O)cc1. The molecule has 1 saturated heterocycles. The average Bonchev–Trinajstić information content (AvgIpc) is 3.25. The summed E-state index contributed by atoms with van der Waals surface area (Å²) in [6.07, 6.45) is 0.418. The molecule has 0 spiro atoms. The zero-order valence-corrected chi connectivity index (χ0v) is 15.0. The van der Waals surface area contributed by atoms with Gasteiger partial charge >= 0.3 is 0 Å². The van der Waals surface area contributed by atoms with E-state index in [2.05, 4.69) is 41.3 Å². The Balaban J connectivity index is 1.47. The molecule has 4 rings (SSSR count). The summed E-state index contributed by atoms with van der Waals surface area (Å²) in [6, 6.07) is 16.3. The van der Waals surface area contributed by atoms with Crippen LogP contribution in [0.2, 0.25) is 0 Å². The van der Waals surface area contributed by atoms with Crippen LogP contribution in [0, 0.1) is 13.8 Å². The van der Waals surface area contributed by atoms with Gasteiger partial charge in [0.25, 0.3) is 0 Å². The second-order valence-corrected chi connectivity index (χ2v) is 6.98. The van der Waals surface area contributed by atoms with Gasteiger partial charge in [-0.2, -0.15) is 4.98 Å². The van der Waals surface area contributed by atoms with Crippen molar-refractivity contribution in [1.82, 2.24) is 15.0 Å². The van der Waals surface area contributed by atoms with Gasteiger partial charge in [0, 0.05) is 25.1 Å². The van der Waals surface area contributed by atoms with Gasteiger partial charge in [0.05, 0.1) is 5.92 Å². The summed E-state index contributed by atoms with van der Waals surface area (Å²) < 4.78 is 5.46. The highest BCUT2D eigenvalue weighted by Crippen LogP contribution is 2.29. The van der Waals surface area contributed by atoms with Crippen molar-refractivity contribution in [3.63, 3.8) is 0 Å². The van der Waals surface area contributed by atoms with Crippen molar-refractivity contribution in [1.29, 1.82) is 0 Å². The zero-order valence-electron chi connectivity index (χ0n) is 15.0. The van der Waals surface area contributed by atoms with Crippen molar-refractivity contribution in [2.75, 3.05) is 6.54 Å². The quantitative estimate of drug-likeness (QED) is 0.719. The number of amides is 1. The van der Waals surface area contributed by atoms with Crippen LogP contribution in [0.25, 0.3) is 11.4 Å². The molecule has 0 aliphatic carbocycles. The van der Waals surface area contributed by atoms with Crippen LogP contribution in [0.1, 0.15) is 34.9 Å². The molecule has 1 aliphatic heterocycles. The molecule has 0 radical (unpaired) electrons. The predicted octanol–water partition coefficient (Wildman–Crippen LogP) is 3.87. The Kier molecular flexibility index (Phi) is 4.29. The number of nitrogens with zero attached hydrogens (tertiary/aromatic N) is 3. The van der Waals surface area contributed by atoms with Gasteiger partial charge in [0.1, 0.15) is 0 Å². The minimum Gasteiger partial charge on any atom is -0.339 e. The molecule has 5 nitrogen and oxygen atoms in total. The van der Waals surface area contributed by atoms with Crippen molar-refractivity contribution in [3.8, 4) is 11.4 Å². The van der Waals surface area contributed by atoms with E-state index in [1.54, 1.807) is 0 Å². The maximum absolute atomic E-state index is 12.4. The number of aryl methyl sites for hydroxylation is 2. The highest BCUT2D eigenvalue weighted by Gasteiger charge is 2.34. The Morgan fingerprint density at radius 3 is 2.38 bits per heavy atom. The first kappa shape index (κ1) is 16.5.